The van der Waals surface area contributed by atoms with Crippen molar-refractivity contribution in [3.05, 3.63) is 54.5 Å². The van der Waals surface area contributed by atoms with Crippen LogP contribution in [0.5, 0.6) is 0 Å². The number of nitriles is 1. The van der Waals surface area contributed by atoms with E-state index in [1.165, 1.54) is 11.8 Å². The molecule has 0 unspecified atom stereocenters. The fraction of sp³-hybridized carbons (Fsp3) is 0. The number of fused-ring (bicyclic) bond motifs is 1. The number of hydrogen-bond donors (Lipinski definition) is 0. The number of benzene rings is 1. The van der Waals surface area contributed by atoms with Crippen LogP contribution in [0.4, 0.5) is 0 Å². The molecule has 0 aliphatic heterocycles. The molecule has 90 valence electrons. The van der Waals surface area contributed by atoms with Gasteiger partial charge in [0.15, 0.2) is 5.16 Å². The lowest BCUT2D eigenvalue weighted by molar-refractivity contribution is 0.962. The molecule has 0 amide bonds. The van der Waals surface area contributed by atoms with E-state index in [-0.39, 0.29) is 0 Å². The predicted octanol–water partition coefficient (Wildman–Crippen LogP) is 3.05. The summed E-state index contributed by atoms with van der Waals surface area (Å²) in [5.74, 6) is 0. The summed E-state index contributed by atoms with van der Waals surface area (Å²) in [5.41, 5.74) is 0.649. The Hall–Kier alpha value is -2.45. The topological polar surface area (TPSA) is 62.5 Å². The summed E-state index contributed by atoms with van der Waals surface area (Å²) in [4.78, 5) is 12.7. The van der Waals surface area contributed by atoms with Crippen LogP contribution in [0.1, 0.15) is 5.56 Å². The maximum atomic E-state index is 9.11. The van der Waals surface area contributed by atoms with Gasteiger partial charge in [0.1, 0.15) is 5.03 Å². The van der Waals surface area contributed by atoms with Crippen LogP contribution in [-0.2, 0) is 0 Å². The van der Waals surface area contributed by atoms with Crippen molar-refractivity contribution in [3.8, 4) is 6.07 Å². The first kappa shape index (κ1) is 11.6. The molecule has 0 spiro atoms. The van der Waals surface area contributed by atoms with Gasteiger partial charge < -0.3 is 0 Å². The SMILES string of the molecule is N#Cc1cccc2c(Sc3ncccn3)nccc12. The second-order valence-corrected chi connectivity index (χ2v) is 4.72. The molecule has 0 aliphatic rings. The van der Waals surface area contributed by atoms with E-state index in [0.717, 1.165) is 15.8 Å². The summed E-state index contributed by atoms with van der Waals surface area (Å²) in [6.07, 6.45) is 5.09. The van der Waals surface area contributed by atoms with Crippen LogP contribution >= 0.6 is 11.8 Å². The molecule has 0 aliphatic carbocycles. The standard InChI is InChI=1S/C14H8N4S/c15-9-10-3-1-4-12-11(10)5-8-16-13(12)19-14-17-6-2-7-18-14/h1-8H. The van der Waals surface area contributed by atoms with Gasteiger partial charge in [-0.15, -0.1) is 0 Å². The highest BCUT2D eigenvalue weighted by Crippen LogP contribution is 2.30. The van der Waals surface area contributed by atoms with Crippen LogP contribution in [0.3, 0.4) is 0 Å². The maximum absolute atomic E-state index is 9.11. The molecule has 0 radical (unpaired) electrons. The van der Waals surface area contributed by atoms with E-state index in [9.17, 15) is 0 Å². The zero-order valence-corrected chi connectivity index (χ0v) is 10.6. The lowest BCUT2D eigenvalue weighted by Gasteiger charge is -2.04. The normalized spacial score (nSPS) is 10.3. The summed E-state index contributed by atoms with van der Waals surface area (Å²) in [6.45, 7) is 0. The Labute approximate surface area is 114 Å². The van der Waals surface area contributed by atoms with Crippen LogP contribution in [0.25, 0.3) is 10.8 Å². The van der Waals surface area contributed by atoms with E-state index >= 15 is 0 Å². The molecule has 1 aromatic carbocycles. The maximum Gasteiger partial charge on any atom is 0.193 e. The van der Waals surface area contributed by atoms with E-state index in [1.807, 2.05) is 18.2 Å². The van der Waals surface area contributed by atoms with Gasteiger partial charge in [-0.3, -0.25) is 0 Å². The van der Waals surface area contributed by atoms with Crippen LogP contribution in [0, 0.1) is 11.3 Å². The molecule has 5 heteroatoms. The number of hydrogen-bond acceptors (Lipinski definition) is 5. The van der Waals surface area contributed by atoms with Gasteiger partial charge in [0, 0.05) is 29.4 Å². The zero-order valence-electron chi connectivity index (χ0n) is 9.82. The summed E-state index contributed by atoms with van der Waals surface area (Å²) >= 11 is 1.39. The average Bonchev–Trinajstić information content (AvgIpc) is 2.48. The minimum atomic E-state index is 0.643. The minimum absolute atomic E-state index is 0.643. The Morgan fingerprint density at radius 2 is 1.74 bits per heavy atom. The Morgan fingerprint density at radius 1 is 0.895 bits per heavy atom. The molecule has 0 saturated heterocycles. The second-order valence-electron chi connectivity index (χ2n) is 3.76. The van der Waals surface area contributed by atoms with E-state index in [0.29, 0.717) is 10.7 Å². The molecule has 0 N–H and O–H groups in total. The Morgan fingerprint density at radius 3 is 2.53 bits per heavy atom. The lowest BCUT2D eigenvalue weighted by Crippen LogP contribution is -1.88. The summed E-state index contributed by atoms with van der Waals surface area (Å²) in [5, 5.41) is 12.4. The van der Waals surface area contributed by atoms with E-state index < -0.39 is 0 Å². The number of rotatable bonds is 2. The highest BCUT2D eigenvalue weighted by atomic mass is 32.2. The van der Waals surface area contributed by atoms with Crippen LogP contribution in [0.2, 0.25) is 0 Å². The van der Waals surface area contributed by atoms with Gasteiger partial charge in [-0.2, -0.15) is 5.26 Å². The van der Waals surface area contributed by atoms with Crippen molar-refractivity contribution in [2.24, 2.45) is 0 Å². The van der Waals surface area contributed by atoms with Crippen molar-refractivity contribution in [2.45, 2.75) is 10.2 Å². The van der Waals surface area contributed by atoms with Gasteiger partial charge in [0.2, 0.25) is 0 Å². The van der Waals surface area contributed by atoms with Gasteiger partial charge >= 0.3 is 0 Å². The summed E-state index contributed by atoms with van der Waals surface area (Å²) in [6, 6.07) is 11.4. The number of pyridine rings is 1. The molecule has 2 heterocycles. The van der Waals surface area contributed by atoms with Gasteiger partial charge in [0.25, 0.3) is 0 Å². The highest BCUT2D eigenvalue weighted by Gasteiger charge is 2.08. The van der Waals surface area contributed by atoms with Crippen molar-refractivity contribution >= 4 is 22.5 Å². The highest BCUT2D eigenvalue weighted by molar-refractivity contribution is 7.99. The van der Waals surface area contributed by atoms with Gasteiger partial charge in [-0.1, -0.05) is 12.1 Å². The first-order valence-corrected chi connectivity index (χ1v) is 6.43. The summed E-state index contributed by atoms with van der Waals surface area (Å²) < 4.78 is 0. The van der Waals surface area contributed by atoms with Crippen LogP contribution < -0.4 is 0 Å². The first-order chi connectivity index (χ1) is 9.38. The third-order valence-corrected chi connectivity index (χ3v) is 3.53. The van der Waals surface area contributed by atoms with Crippen molar-refractivity contribution in [2.75, 3.05) is 0 Å². The molecule has 3 aromatic rings. The lowest BCUT2D eigenvalue weighted by atomic mass is 10.1. The minimum Gasteiger partial charge on any atom is -0.249 e. The second kappa shape index (κ2) is 5.04. The van der Waals surface area contributed by atoms with Gasteiger partial charge in [-0.05, 0) is 30.0 Å². The zero-order chi connectivity index (χ0) is 13.1. The molecule has 2 aromatic heterocycles. The molecule has 0 saturated carbocycles. The van der Waals surface area contributed by atoms with E-state index in [4.69, 9.17) is 5.26 Å². The van der Waals surface area contributed by atoms with E-state index in [1.54, 1.807) is 30.7 Å². The van der Waals surface area contributed by atoms with Crippen molar-refractivity contribution in [1.29, 1.82) is 5.26 Å². The Bertz CT molecular complexity index is 765. The smallest absolute Gasteiger partial charge is 0.193 e. The number of aromatic nitrogens is 3. The van der Waals surface area contributed by atoms with Crippen LogP contribution in [0.15, 0.2) is 59.1 Å². The molecule has 0 bridgehead atoms. The van der Waals surface area contributed by atoms with Crippen molar-refractivity contribution in [3.63, 3.8) is 0 Å². The first-order valence-electron chi connectivity index (χ1n) is 5.61. The fourth-order valence-electron chi connectivity index (χ4n) is 1.78. The largest absolute Gasteiger partial charge is 0.249 e. The third kappa shape index (κ3) is 2.26. The molecule has 19 heavy (non-hydrogen) atoms. The molecule has 0 fully saturated rings. The average molecular weight is 264 g/mol. The van der Waals surface area contributed by atoms with Crippen molar-refractivity contribution in [1.82, 2.24) is 15.0 Å². The van der Waals surface area contributed by atoms with Crippen molar-refractivity contribution < 1.29 is 0 Å². The molecular formula is C14H8N4S. The molecule has 0 atom stereocenters. The summed E-state index contributed by atoms with van der Waals surface area (Å²) in [7, 11) is 0. The molecular weight excluding hydrogens is 256 g/mol. The van der Waals surface area contributed by atoms with Crippen LogP contribution in [-0.4, -0.2) is 15.0 Å². The Balaban J connectivity index is 2.13. The predicted molar refractivity (Wildman–Crippen MR) is 72.6 cm³/mol. The number of nitrogens with zero attached hydrogens (tertiary/aromatic N) is 4. The van der Waals surface area contributed by atoms with E-state index in [2.05, 4.69) is 21.0 Å². The van der Waals surface area contributed by atoms with Gasteiger partial charge in [0.05, 0.1) is 11.6 Å². The monoisotopic (exact) mass is 264 g/mol. The third-order valence-electron chi connectivity index (χ3n) is 2.62. The Kier molecular flexibility index (Phi) is 3.09. The van der Waals surface area contributed by atoms with Gasteiger partial charge in [-0.25, -0.2) is 15.0 Å². The molecule has 3 rings (SSSR count). The fourth-order valence-corrected chi connectivity index (χ4v) is 2.59. The quantitative estimate of drug-likeness (QED) is 0.666. The molecule has 4 nitrogen and oxygen atoms in total.